The van der Waals surface area contributed by atoms with Crippen LogP contribution in [0, 0.1) is 11.8 Å². The maximum Gasteiger partial charge on any atom is 0.294 e. The van der Waals surface area contributed by atoms with Gasteiger partial charge in [0.25, 0.3) is 19.4 Å². The largest absolute Gasteiger partial charge is 0.452 e. The molecule has 3 rings (SSSR count). The summed E-state index contributed by atoms with van der Waals surface area (Å²) in [6.07, 6.45) is 0.203. The van der Waals surface area contributed by atoms with Crippen molar-refractivity contribution in [2.45, 2.75) is 52.8 Å². The Morgan fingerprint density at radius 2 is 1.13 bits per heavy atom. The van der Waals surface area contributed by atoms with Crippen molar-refractivity contribution in [3.63, 3.8) is 0 Å². The second-order valence-electron chi connectivity index (χ2n) is 14.3. The molecule has 2 N–H and O–H groups in total. The molecule has 0 bridgehead atoms. The van der Waals surface area contributed by atoms with Crippen LogP contribution >= 0.6 is 23.5 Å². The first-order chi connectivity index (χ1) is 29.3. The average Bonchev–Trinajstić information content (AvgIpc) is 3.36. The molecule has 0 aliphatic carbocycles. The number of nitrogens with one attached hydrogen (secondary N) is 2. The van der Waals surface area contributed by atoms with E-state index < -0.39 is 24.1 Å². The highest BCUT2D eigenvalue weighted by Crippen LogP contribution is 2.15. The highest BCUT2D eigenvalue weighted by molar-refractivity contribution is 8.14. The Bertz CT molecular complexity index is 1680. The molecular formula is C42H57N5O12S2. The summed E-state index contributed by atoms with van der Waals surface area (Å²) in [6.45, 7) is 12.0. The summed E-state index contributed by atoms with van der Waals surface area (Å²) >= 11 is 1.71. The molecule has 2 aromatic rings. The van der Waals surface area contributed by atoms with E-state index in [1.807, 2.05) is 28.5 Å². The summed E-state index contributed by atoms with van der Waals surface area (Å²) < 4.78 is 15.0. The van der Waals surface area contributed by atoms with E-state index in [9.17, 15) is 43.2 Å². The molecule has 2 unspecified atom stereocenters. The molecule has 1 heterocycles. The maximum absolute atomic E-state index is 12.5. The maximum atomic E-state index is 12.5. The standard InChI is InChI=1S/C24H26N2O5S2.C18H31N3O7/c1-16(2)22(29)19(26-21(28)15-33-24(31)18-11-7-4-8-12-18)13-25-20(27)14-32-23(30)17-9-5-3-6-10-17;1-16(2)17(25)3-4-18(28-15-24)21-9-7-19(11-26-13-22)5-6-20(8-10-21)12-27-14-23/h3-12,16,19H,13-15H2,1-2H3,(H,25,27)(H,26,28);13-16,18H,3-12H2,1-2H3. The third-order valence-corrected chi connectivity index (χ3v) is 10.9. The van der Waals surface area contributed by atoms with Crippen LogP contribution < -0.4 is 10.6 Å². The van der Waals surface area contributed by atoms with Gasteiger partial charge in [0, 0.05) is 81.6 Å². The molecule has 19 heteroatoms. The summed E-state index contributed by atoms with van der Waals surface area (Å²) in [5, 5.41) is 4.73. The summed E-state index contributed by atoms with van der Waals surface area (Å²) in [7, 11) is 0. The number of Topliss-reactive ketones (excluding diaryl/α,β-unsaturated/α-hetero) is 2. The van der Waals surface area contributed by atoms with E-state index in [1.165, 1.54) is 0 Å². The zero-order chi connectivity index (χ0) is 45.0. The van der Waals surface area contributed by atoms with Crippen LogP contribution in [0.1, 0.15) is 61.3 Å². The lowest BCUT2D eigenvalue weighted by Gasteiger charge is -2.31. The van der Waals surface area contributed by atoms with Crippen molar-refractivity contribution >= 4 is 76.6 Å². The second-order valence-corrected chi connectivity index (χ2v) is 16.2. The van der Waals surface area contributed by atoms with Gasteiger partial charge < -0.3 is 24.8 Å². The fraction of sp³-hybridized carbons (Fsp3) is 0.500. The number of carbonyl (C=O) groups excluding carboxylic acids is 9. The molecular weight excluding hydrogens is 831 g/mol. The molecule has 0 saturated carbocycles. The fourth-order valence-corrected chi connectivity index (χ4v) is 6.95. The van der Waals surface area contributed by atoms with Crippen molar-refractivity contribution in [2.75, 3.05) is 70.8 Å². The lowest BCUT2D eigenvalue weighted by atomic mass is 10.0. The molecule has 334 valence electrons. The Labute approximate surface area is 365 Å². The lowest BCUT2D eigenvalue weighted by molar-refractivity contribution is -0.146. The van der Waals surface area contributed by atoms with Gasteiger partial charge in [-0.1, -0.05) is 112 Å². The number of hydrogen-bond acceptors (Lipinski definition) is 17. The number of nitrogens with zero attached hydrogens (tertiary/aromatic N) is 3. The predicted molar refractivity (Wildman–Crippen MR) is 230 cm³/mol. The van der Waals surface area contributed by atoms with Gasteiger partial charge in [-0.25, -0.2) is 0 Å². The first-order valence-corrected chi connectivity index (χ1v) is 21.7. The Balaban J connectivity index is 0.000000426. The van der Waals surface area contributed by atoms with Crippen molar-refractivity contribution in [2.24, 2.45) is 11.8 Å². The molecule has 1 aliphatic heterocycles. The van der Waals surface area contributed by atoms with Gasteiger partial charge in [0.1, 0.15) is 25.3 Å². The van der Waals surface area contributed by atoms with Crippen molar-refractivity contribution in [1.29, 1.82) is 0 Å². The van der Waals surface area contributed by atoms with Crippen molar-refractivity contribution in [3.8, 4) is 0 Å². The average molecular weight is 888 g/mol. The Hall–Kier alpha value is -4.95. The number of benzene rings is 2. The molecule has 0 spiro atoms. The van der Waals surface area contributed by atoms with Crippen LogP contribution in [0.3, 0.4) is 0 Å². The number of thioether (sulfide) groups is 2. The monoisotopic (exact) mass is 887 g/mol. The third kappa shape index (κ3) is 21.4. The molecule has 2 amide bonds. The zero-order valence-corrected chi connectivity index (χ0v) is 36.7. The Morgan fingerprint density at radius 3 is 1.57 bits per heavy atom. The van der Waals surface area contributed by atoms with Crippen LogP contribution in [-0.2, 0) is 47.8 Å². The van der Waals surface area contributed by atoms with E-state index in [0.717, 1.165) is 23.5 Å². The molecule has 2 aromatic carbocycles. The van der Waals surface area contributed by atoms with Crippen LogP contribution in [0.15, 0.2) is 60.7 Å². The molecule has 61 heavy (non-hydrogen) atoms. The van der Waals surface area contributed by atoms with Gasteiger partial charge in [0.05, 0.1) is 11.5 Å². The lowest BCUT2D eigenvalue weighted by Crippen LogP contribution is -2.50. The summed E-state index contributed by atoms with van der Waals surface area (Å²) in [5.41, 5.74) is 0.984. The highest BCUT2D eigenvalue weighted by Gasteiger charge is 2.26. The molecule has 2 atom stereocenters. The SMILES string of the molecule is CC(C)C(=O)C(CNC(=O)CSC(=O)c1ccccc1)NC(=O)CSC(=O)c1ccccc1.CC(C)C(=O)CCC(OC=O)N1CCN(COC=O)CCN(COC=O)CC1. The van der Waals surface area contributed by atoms with E-state index in [2.05, 4.69) is 10.6 Å². The molecule has 0 radical (unpaired) electrons. The van der Waals surface area contributed by atoms with E-state index in [1.54, 1.807) is 74.5 Å². The summed E-state index contributed by atoms with van der Waals surface area (Å²) in [4.78, 5) is 111. The van der Waals surface area contributed by atoms with Crippen molar-refractivity contribution in [3.05, 3.63) is 71.8 Å². The molecule has 1 saturated heterocycles. The van der Waals surface area contributed by atoms with Gasteiger partial charge in [-0.2, -0.15) is 0 Å². The fourth-order valence-electron chi connectivity index (χ4n) is 5.64. The van der Waals surface area contributed by atoms with Crippen molar-refractivity contribution in [1.82, 2.24) is 25.3 Å². The zero-order valence-electron chi connectivity index (χ0n) is 35.1. The van der Waals surface area contributed by atoms with E-state index in [0.29, 0.717) is 82.7 Å². The van der Waals surface area contributed by atoms with Gasteiger partial charge in [-0.15, -0.1) is 0 Å². The van der Waals surface area contributed by atoms with Gasteiger partial charge in [-0.05, 0) is 0 Å². The topological polar surface area (TPSA) is 215 Å². The minimum atomic E-state index is -0.927. The van der Waals surface area contributed by atoms with E-state index in [4.69, 9.17) is 14.2 Å². The van der Waals surface area contributed by atoms with Gasteiger partial charge >= 0.3 is 0 Å². The van der Waals surface area contributed by atoms with Gasteiger partial charge in [0.15, 0.2) is 12.0 Å². The first-order valence-electron chi connectivity index (χ1n) is 19.7. The van der Waals surface area contributed by atoms with Crippen molar-refractivity contribution < 1.29 is 57.4 Å². The van der Waals surface area contributed by atoms with Gasteiger partial charge in [-0.3, -0.25) is 57.9 Å². The second kappa shape index (κ2) is 30.1. The number of carbonyl (C=O) groups is 9. The van der Waals surface area contributed by atoms with Crippen LogP contribution in [0.4, 0.5) is 0 Å². The number of ketones is 2. The highest BCUT2D eigenvalue weighted by atomic mass is 32.2. The van der Waals surface area contributed by atoms with Gasteiger partial charge in [0.2, 0.25) is 22.0 Å². The summed E-state index contributed by atoms with van der Waals surface area (Å²) in [6, 6.07) is 16.3. The predicted octanol–water partition coefficient (Wildman–Crippen LogP) is 2.63. The quantitative estimate of drug-likeness (QED) is 0.114. The number of hydrogen-bond donors (Lipinski definition) is 2. The smallest absolute Gasteiger partial charge is 0.294 e. The molecule has 1 aliphatic rings. The Kier molecular flexibility index (Phi) is 25.8. The van der Waals surface area contributed by atoms with E-state index >= 15 is 0 Å². The number of rotatable bonds is 24. The Morgan fingerprint density at radius 1 is 0.656 bits per heavy atom. The normalized spacial score (nSPS) is 14.7. The summed E-state index contributed by atoms with van der Waals surface area (Å²) in [5.74, 6) is -1.71. The molecule has 1 fully saturated rings. The third-order valence-electron chi connectivity index (χ3n) is 9.13. The minimum absolute atomic E-state index is 0.0700. The van der Waals surface area contributed by atoms with E-state index in [-0.39, 0.29) is 65.1 Å². The van der Waals surface area contributed by atoms with Crippen LogP contribution in [-0.4, -0.2) is 151 Å². The minimum Gasteiger partial charge on any atom is -0.452 e. The van der Waals surface area contributed by atoms with Crippen LogP contribution in [0.2, 0.25) is 0 Å². The van der Waals surface area contributed by atoms with Crippen LogP contribution in [0.5, 0.6) is 0 Å². The first kappa shape index (κ1) is 52.2. The van der Waals surface area contributed by atoms with Crippen LogP contribution in [0.25, 0.3) is 0 Å². The molecule has 0 aromatic heterocycles. The number of ether oxygens (including phenoxy) is 3. The molecule has 17 nitrogen and oxygen atoms in total. The number of amides is 2.